The summed E-state index contributed by atoms with van der Waals surface area (Å²) in [6.07, 6.45) is 0. The van der Waals surface area contributed by atoms with Crippen LogP contribution in [0.15, 0.2) is 0 Å². The first kappa shape index (κ1) is 15.7. The number of rotatable bonds is 0. The maximum absolute atomic E-state index is 8.55. The van der Waals surface area contributed by atoms with Crippen molar-refractivity contribution in [2.75, 3.05) is 0 Å². The fourth-order valence-electron chi connectivity index (χ4n) is 0. The number of hydrogen-bond donors (Lipinski definition) is 0. The van der Waals surface area contributed by atoms with E-state index in [4.69, 9.17) is 19.2 Å². The molecule has 0 aliphatic heterocycles. The Bertz CT molecular complexity index is 57.8. The third kappa shape index (κ3) is 197. The van der Waals surface area contributed by atoms with Crippen molar-refractivity contribution < 1.29 is 38.1 Å². The average Bonchev–Trinajstić information content (AvgIpc) is 0.722. The topological polar surface area (TPSA) is 86.2 Å². The molecule has 0 amide bonds. The van der Waals surface area contributed by atoms with Gasteiger partial charge in [-0.25, -0.2) is 0 Å². The fraction of sp³-hybridized carbons (Fsp3) is 0. The second-order valence-electron chi connectivity index (χ2n) is 0.447. The van der Waals surface area contributed by atoms with Crippen LogP contribution < -0.4 is 33.5 Å². The molecule has 0 fully saturated rings. The molecule has 0 unspecified atom stereocenters. The van der Waals surface area contributed by atoms with E-state index in [2.05, 4.69) is 0 Å². The Morgan fingerprint density at radius 1 is 1.14 bits per heavy atom. The Balaban J connectivity index is -0.0000000800. The van der Waals surface area contributed by atoms with Gasteiger partial charge in [0, 0.05) is 0 Å². The minimum Gasteiger partial charge on any atom is -0.822 e. The maximum Gasteiger partial charge on any atom is 4.00 e. The van der Waals surface area contributed by atoms with Gasteiger partial charge in [0.15, 0.2) is 0 Å². The van der Waals surface area contributed by atoms with Crippen molar-refractivity contribution in [2.45, 2.75) is 0 Å². The molecule has 0 atom stereocenters. The van der Waals surface area contributed by atoms with E-state index in [0.29, 0.717) is 0 Å². The summed E-state index contributed by atoms with van der Waals surface area (Å²) in [4.78, 5) is 25.6. The molecule has 0 saturated carbocycles. The van der Waals surface area contributed by atoms with E-state index in [0.717, 1.165) is 0 Å². The Morgan fingerprint density at radius 2 is 1.14 bits per heavy atom. The first-order valence-electron chi connectivity index (χ1n) is 0.730. The van der Waals surface area contributed by atoms with Crippen LogP contribution in [0.2, 0.25) is 0 Å². The Labute approximate surface area is 57.4 Å². The maximum atomic E-state index is 8.55. The summed E-state index contributed by atoms with van der Waals surface area (Å²) in [6.45, 7) is 0. The zero-order valence-electron chi connectivity index (χ0n) is 3.58. The van der Waals surface area contributed by atoms with Gasteiger partial charge in [-0.1, -0.05) is 0 Å². The predicted octanol–water partition coefficient (Wildman–Crippen LogP) is -6.20. The molecule has 0 aromatic carbocycles. The van der Waals surface area contributed by atoms with Crippen molar-refractivity contribution in [1.29, 1.82) is 0 Å². The van der Waals surface area contributed by atoms with Crippen molar-refractivity contribution in [3.8, 4) is 0 Å². The van der Waals surface area contributed by atoms with Crippen LogP contribution in [0, 0.1) is 0 Å². The molecule has 4 nitrogen and oxygen atoms in total. The summed E-state index contributed by atoms with van der Waals surface area (Å²) in [5, 5.41) is 0. The summed E-state index contributed by atoms with van der Waals surface area (Å²) in [6, 6.07) is 0. The summed E-state index contributed by atoms with van der Waals surface area (Å²) in [5.41, 5.74) is 0. The summed E-state index contributed by atoms with van der Waals surface area (Å²) in [7, 11) is -5.39. The van der Waals surface area contributed by atoms with Crippen molar-refractivity contribution in [1.82, 2.24) is 0 Å². The molecule has 0 aliphatic carbocycles. The first-order chi connectivity index (χ1) is 2.00. The van der Waals surface area contributed by atoms with Crippen LogP contribution in [0.5, 0.6) is 0 Å². The molecule has 0 rings (SSSR count). The summed E-state index contributed by atoms with van der Waals surface area (Å²) < 4.78 is 8.55. The van der Waals surface area contributed by atoms with Gasteiger partial charge < -0.3 is 19.2 Å². The Kier molecular flexibility index (Phi) is 11.3. The van der Waals surface area contributed by atoms with E-state index in [1.54, 1.807) is 0 Å². The van der Waals surface area contributed by atoms with E-state index >= 15 is 0 Å². The van der Waals surface area contributed by atoms with E-state index in [1.807, 2.05) is 0 Å². The Hall–Kier alpha value is 0.924. The van der Waals surface area contributed by atoms with Crippen LogP contribution in [0.3, 0.4) is 0 Å². The summed E-state index contributed by atoms with van der Waals surface area (Å²) >= 11 is 0. The minimum absolute atomic E-state index is 0. The third-order valence-corrected chi connectivity index (χ3v) is 0. The molecule has 0 N–H and O–H groups in total. The molecule has 0 spiro atoms. The zero-order chi connectivity index (χ0) is 4.50. The SMILES string of the molecule is O=P([O-])([O-])[O-].[Li+].[Si+4]. The van der Waals surface area contributed by atoms with Gasteiger partial charge in [-0.05, 0) is 0 Å². The van der Waals surface area contributed by atoms with Crippen molar-refractivity contribution in [3.05, 3.63) is 0 Å². The van der Waals surface area contributed by atoms with Gasteiger partial charge in [0.05, 0.1) is 0 Å². The molecule has 0 aromatic rings. The molecule has 0 saturated heterocycles. The number of hydrogen-bond acceptors (Lipinski definition) is 4. The van der Waals surface area contributed by atoms with Crippen molar-refractivity contribution in [3.63, 3.8) is 0 Å². The molecule has 0 aliphatic rings. The van der Waals surface area contributed by atoms with E-state index < -0.39 is 7.82 Å². The molecule has 0 radical (unpaired) electrons. The predicted molar refractivity (Wildman–Crippen MR) is 13.4 cm³/mol. The van der Waals surface area contributed by atoms with Gasteiger partial charge in [-0.3, -0.25) is 0 Å². The van der Waals surface area contributed by atoms with Crippen LogP contribution in [0.25, 0.3) is 0 Å². The van der Waals surface area contributed by atoms with Gasteiger partial charge >= 0.3 is 29.8 Å². The molecular formula is LiO4PSi+2. The smallest absolute Gasteiger partial charge is 0.822 e. The molecule has 7 heteroatoms. The summed E-state index contributed by atoms with van der Waals surface area (Å²) in [5.74, 6) is 0. The van der Waals surface area contributed by atoms with E-state index in [1.165, 1.54) is 0 Å². The van der Waals surface area contributed by atoms with Gasteiger partial charge in [0.25, 0.3) is 0 Å². The van der Waals surface area contributed by atoms with Gasteiger partial charge in [0.2, 0.25) is 0 Å². The normalized spacial score (nSPS) is 8.43. The molecule has 7 heavy (non-hydrogen) atoms. The zero-order valence-corrected chi connectivity index (χ0v) is 5.47. The monoisotopic (exact) mass is 130 g/mol. The number of phosphoric acid groups is 1. The molecule has 0 heterocycles. The standard InChI is InChI=1S/Li.H3O4P.Si/c;1-5(2,3)4;/h;(H3,1,2,3,4);/q+1;;+4/p-3. The second kappa shape index (κ2) is 5.07. The quantitative estimate of drug-likeness (QED) is 0.241. The molecular weight excluding hydrogens is 130 g/mol. The largest absolute Gasteiger partial charge is 4.00 e. The third-order valence-electron chi connectivity index (χ3n) is 0. The molecule has 0 bridgehead atoms. The van der Waals surface area contributed by atoms with Crippen LogP contribution in [0.4, 0.5) is 0 Å². The van der Waals surface area contributed by atoms with Gasteiger partial charge in [-0.2, -0.15) is 7.82 Å². The first-order valence-corrected chi connectivity index (χ1v) is 2.19. The van der Waals surface area contributed by atoms with Crippen molar-refractivity contribution >= 4 is 18.8 Å². The van der Waals surface area contributed by atoms with Crippen LogP contribution in [-0.2, 0) is 4.57 Å². The van der Waals surface area contributed by atoms with E-state index in [-0.39, 0.29) is 29.8 Å². The molecule has 32 valence electrons. The van der Waals surface area contributed by atoms with Crippen molar-refractivity contribution in [2.24, 2.45) is 0 Å². The van der Waals surface area contributed by atoms with Crippen LogP contribution in [0.1, 0.15) is 0 Å². The second-order valence-corrected chi connectivity index (χ2v) is 1.34. The molecule has 0 aromatic heterocycles. The van der Waals surface area contributed by atoms with Gasteiger partial charge in [0.1, 0.15) is 0 Å². The van der Waals surface area contributed by atoms with E-state index in [9.17, 15) is 0 Å². The Morgan fingerprint density at radius 3 is 1.14 bits per heavy atom. The minimum atomic E-state index is -5.39. The fourth-order valence-corrected chi connectivity index (χ4v) is 0. The average molecular weight is 130 g/mol. The van der Waals surface area contributed by atoms with Crippen LogP contribution in [-0.4, -0.2) is 11.0 Å². The van der Waals surface area contributed by atoms with Gasteiger partial charge in [-0.15, -0.1) is 0 Å². The van der Waals surface area contributed by atoms with Crippen LogP contribution >= 0.6 is 7.82 Å².